The van der Waals surface area contributed by atoms with Gasteiger partial charge in [0.05, 0.1) is 0 Å². The van der Waals surface area contributed by atoms with Gasteiger partial charge in [-0.25, -0.2) is 0 Å². The zero-order chi connectivity index (χ0) is 9.26. The molecule has 0 amide bonds. The topological polar surface area (TPSA) is 0 Å². The Morgan fingerprint density at radius 2 is 1.38 bits per heavy atom. The van der Waals surface area contributed by atoms with Crippen LogP contribution in [0.25, 0.3) is 0 Å². The second-order valence-corrected chi connectivity index (χ2v) is 4.15. The fourth-order valence-corrected chi connectivity index (χ4v) is 2.47. The van der Waals surface area contributed by atoms with Crippen molar-refractivity contribution in [2.75, 3.05) is 0 Å². The van der Waals surface area contributed by atoms with Crippen LogP contribution in [0.15, 0.2) is 23.3 Å². The Kier molecular flexibility index (Phi) is 2.57. The lowest BCUT2D eigenvalue weighted by molar-refractivity contribution is 0.662. The molecule has 2 saturated carbocycles. The Morgan fingerprint density at radius 3 is 1.85 bits per heavy atom. The fourth-order valence-electron chi connectivity index (χ4n) is 2.47. The van der Waals surface area contributed by atoms with Crippen LogP contribution in [0.5, 0.6) is 0 Å². The molecule has 3 rings (SSSR count). The van der Waals surface area contributed by atoms with Gasteiger partial charge in [-0.15, -0.1) is 0 Å². The predicted molar refractivity (Wildman–Crippen MR) is 57.6 cm³/mol. The van der Waals surface area contributed by atoms with Crippen molar-refractivity contribution in [3.63, 3.8) is 0 Å². The molecule has 0 aliphatic heterocycles. The Labute approximate surface area is 81.7 Å². The normalized spacial score (nSPS) is 34.3. The average Bonchev–Trinajstić information content (AvgIpc) is 2.95. The Morgan fingerprint density at radius 1 is 0.923 bits per heavy atom. The molecule has 3 aliphatic carbocycles. The maximum absolute atomic E-state index is 2.55. The van der Waals surface area contributed by atoms with E-state index < -0.39 is 0 Å². The largest absolute Gasteiger partial charge is 0.0773 e. The zero-order valence-corrected chi connectivity index (χ0v) is 8.84. The highest BCUT2D eigenvalue weighted by Gasteiger charge is 2.37. The first-order valence-electron chi connectivity index (χ1n) is 5.85. The third kappa shape index (κ3) is 1.72. The quantitative estimate of drug-likeness (QED) is 0.521. The molecule has 2 unspecified atom stereocenters. The third-order valence-electron chi connectivity index (χ3n) is 3.28. The van der Waals surface area contributed by atoms with Crippen LogP contribution in [0.2, 0.25) is 0 Å². The van der Waals surface area contributed by atoms with E-state index in [-0.39, 0.29) is 0 Å². The number of hydrogen-bond acceptors (Lipinski definition) is 0. The second-order valence-electron chi connectivity index (χ2n) is 4.15. The summed E-state index contributed by atoms with van der Waals surface area (Å²) in [6.07, 6.45) is 12.2. The summed E-state index contributed by atoms with van der Waals surface area (Å²) in [6, 6.07) is 0. The molecule has 2 atom stereocenters. The van der Waals surface area contributed by atoms with Crippen LogP contribution in [0.3, 0.4) is 0 Å². The molecular weight excluding hydrogens is 156 g/mol. The first-order valence-corrected chi connectivity index (χ1v) is 5.85. The molecular formula is C13H20. The zero-order valence-electron chi connectivity index (χ0n) is 8.84. The van der Waals surface area contributed by atoms with Gasteiger partial charge in [0.2, 0.25) is 0 Å². The molecule has 0 bridgehead atoms. The first-order chi connectivity index (χ1) is 6.43. The van der Waals surface area contributed by atoms with Crippen molar-refractivity contribution in [3.8, 4) is 0 Å². The minimum Gasteiger partial charge on any atom is -0.0773 e. The highest BCUT2D eigenvalue weighted by Crippen LogP contribution is 2.49. The summed E-state index contributed by atoms with van der Waals surface area (Å²) < 4.78 is 0. The summed E-state index contributed by atoms with van der Waals surface area (Å²) in [5.41, 5.74) is 3.41. The minimum atomic E-state index is 0.965. The lowest BCUT2D eigenvalue weighted by atomic mass is 9.85. The lowest BCUT2D eigenvalue weighted by Crippen LogP contribution is -2.02. The first kappa shape index (κ1) is 9.05. The highest BCUT2D eigenvalue weighted by atomic mass is 14.4. The van der Waals surface area contributed by atoms with Gasteiger partial charge in [0, 0.05) is 0 Å². The Bertz CT molecular complexity index is 219. The minimum absolute atomic E-state index is 0.965. The van der Waals surface area contributed by atoms with E-state index in [9.17, 15) is 0 Å². The third-order valence-corrected chi connectivity index (χ3v) is 3.28. The molecule has 3 aliphatic rings. The molecule has 72 valence electrons. The van der Waals surface area contributed by atoms with Crippen LogP contribution in [-0.4, -0.2) is 0 Å². The molecule has 0 spiro atoms. The molecule has 0 aromatic carbocycles. The number of allylic oxidation sites excluding steroid dienone is 4. The van der Waals surface area contributed by atoms with Crippen molar-refractivity contribution in [1.29, 1.82) is 0 Å². The summed E-state index contributed by atoms with van der Waals surface area (Å²) in [4.78, 5) is 0. The van der Waals surface area contributed by atoms with Crippen molar-refractivity contribution >= 4 is 0 Å². The van der Waals surface area contributed by atoms with Gasteiger partial charge < -0.3 is 0 Å². The molecule has 0 heterocycles. The molecule has 0 N–H and O–H groups in total. The summed E-state index contributed by atoms with van der Waals surface area (Å²) in [5, 5.41) is 0. The number of fused-ring (bicyclic) bond motifs is 2. The van der Waals surface area contributed by atoms with Crippen molar-refractivity contribution in [2.24, 2.45) is 11.8 Å². The van der Waals surface area contributed by atoms with E-state index in [4.69, 9.17) is 0 Å². The van der Waals surface area contributed by atoms with Crippen molar-refractivity contribution in [2.45, 2.75) is 46.0 Å². The van der Waals surface area contributed by atoms with Crippen LogP contribution >= 0.6 is 0 Å². The van der Waals surface area contributed by atoms with Crippen LogP contribution in [0.1, 0.15) is 46.0 Å². The van der Waals surface area contributed by atoms with Crippen molar-refractivity contribution in [1.82, 2.24) is 0 Å². The van der Waals surface area contributed by atoms with E-state index in [1.54, 1.807) is 11.1 Å². The average molecular weight is 176 g/mol. The summed E-state index contributed by atoms with van der Waals surface area (Å²) in [6.45, 7) is 4.00. The molecule has 2 fully saturated rings. The molecule has 0 nitrogen and oxygen atoms in total. The summed E-state index contributed by atoms with van der Waals surface area (Å²) >= 11 is 0. The predicted octanol–water partition coefficient (Wildman–Crippen LogP) is 4.09. The summed E-state index contributed by atoms with van der Waals surface area (Å²) in [7, 11) is 0. The number of hydrogen-bond donors (Lipinski definition) is 0. The summed E-state index contributed by atoms with van der Waals surface area (Å²) in [5.74, 6) is 1.93. The maximum Gasteiger partial charge on any atom is -0.0158 e. The van der Waals surface area contributed by atoms with Gasteiger partial charge in [0.15, 0.2) is 0 Å². The van der Waals surface area contributed by atoms with Gasteiger partial charge in [0.1, 0.15) is 0 Å². The van der Waals surface area contributed by atoms with Crippen LogP contribution < -0.4 is 0 Å². The van der Waals surface area contributed by atoms with Gasteiger partial charge in [-0.05, 0) is 55.1 Å². The van der Waals surface area contributed by atoms with Gasteiger partial charge in [0.25, 0.3) is 0 Å². The van der Waals surface area contributed by atoms with E-state index in [0.717, 1.165) is 11.8 Å². The monoisotopic (exact) mass is 176 g/mol. The number of rotatable bonds is 0. The molecule has 0 radical (unpaired) electrons. The van der Waals surface area contributed by atoms with Crippen LogP contribution in [-0.2, 0) is 0 Å². The van der Waals surface area contributed by atoms with E-state index >= 15 is 0 Å². The molecule has 0 aromatic rings. The molecule has 0 saturated heterocycles. The van der Waals surface area contributed by atoms with Gasteiger partial charge in [-0.2, -0.15) is 0 Å². The lowest BCUT2D eigenvalue weighted by Gasteiger charge is -2.20. The second kappa shape index (κ2) is 3.69. The molecule has 0 aromatic heterocycles. The van der Waals surface area contributed by atoms with Gasteiger partial charge in [-0.1, -0.05) is 26.0 Å². The fraction of sp³-hybridized carbons (Fsp3) is 0.692. The standard InChI is InChI=1S/C11H14.C2H6/c1-2-4-9-6-11-7-10(11)5-8(9)3-1;1-2/h5-6,10-11H,1-4,7H2;1-2H3. The van der Waals surface area contributed by atoms with Crippen LogP contribution in [0, 0.1) is 11.8 Å². The SMILES string of the molecule is C1=C2CCCCC2=CC2CC12.CC. The van der Waals surface area contributed by atoms with E-state index in [2.05, 4.69) is 12.2 Å². The van der Waals surface area contributed by atoms with Gasteiger partial charge in [-0.3, -0.25) is 0 Å². The van der Waals surface area contributed by atoms with Crippen molar-refractivity contribution < 1.29 is 0 Å². The van der Waals surface area contributed by atoms with E-state index in [1.807, 2.05) is 13.8 Å². The van der Waals surface area contributed by atoms with E-state index in [0.29, 0.717) is 0 Å². The molecule has 0 heteroatoms. The Balaban J connectivity index is 0.000000308. The van der Waals surface area contributed by atoms with E-state index in [1.165, 1.54) is 32.1 Å². The highest BCUT2D eigenvalue weighted by molar-refractivity contribution is 5.40. The van der Waals surface area contributed by atoms with Crippen LogP contribution in [0.4, 0.5) is 0 Å². The van der Waals surface area contributed by atoms with Gasteiger partial charge >= 0.3 is 0 Å². The van der Waals surface area contributed by atoms with Crippen molar-refractivity contribution in [3.05, 3.63) is 23.3 Å². The molecule has 13 heavy (non-hydrogen) atoms. The maximum atomic E-state index is 2.55. The Hall–Kier alpha value is -0.520. The smallest absolute Gasteiger partial charge is 0.0158 e.